The topological polar surface area (TPSA) is 44.8 Å². The van der Waals surface area contributed by atoms with Crippen molar-refractivity contribution < 1.29 is 18.8 Å². The molecule has 0 unspecified atom stereocenters. The van der Waals surface area contributed by atoms with E-state index >= 15 is 0 Å². The Balaban J connectivity index is 2.18. The van der Waals surface area contributed by atoms with Crippen molar-refractivity contribution in [1.82, 2.24) is 0 Å². The van der Waals surface area contributed by atoms with Crippen LogP contribution in [0.4, 0.5) is 0 Å². The third-order valence-corrected chi connectivity index (χ3v) is 5.74. The van der Waals surface area contributed by atoms with Gasteiger partial charge in [0.05, 0.1) is 23.9 Å². The minimum atomic E-state index is -0.587. The van der Waals surface area contributed by atoms with Crippen LogP contribution in [0.1, 0.15) is 38.1 Å². The molecular formula is C20H22BBrO4. The van der Waals surface area contributed by atoms with Gasteiger partial charge in [0.25, 0.3) is 0 Å². The predicted octanol–water partition coefficient (Wildman–Crippen LogP) is 4.20. The van der Waals surface area contributed by atoms with E-state index in [2.05, 4.69) is 15.9 Å². The first-order valence-electron chi connectivity index (χ1n) is 8.49. The molecule has 1 aliphatic rings. The fourth-order valence-corrected chi connectivity index (χ4v) is 3.63. The number of benzene rings is 2. The average Bonchev–Trinajstić information content (AvgIpc) is 2.81. The van der Waals surface area contributed by atoms with E-state index in [0.717, 1.165) is 21.1 Å². The zero-order chi connectivity index (χ0) is 19.1. The van der Waals surface area contributed by atoms with Crippen LogP contribution in [-0.2, 0) is 14.0 Å². The van der Waals surface area contributed by atoms with E-state index in [9.17, 15) is 4.79 Å². The molecule has 4 nitrogen and oxygen atoms in total. The zero-order valence-corrected chi connectivity index (χ0v) is 17.2. The summed E-state index contributed by atoms with van der Waals surface area (Å²) in [7, 11) is 0.784. The molecule has 3 rings (SSSR count). The Labute approximate surface area is 163 Å². The Kier molecular flexibility index (Phi) is 5.03. The van der Waals surface area contributed by atoms with Crippen LogP contribution in [0.15, 0.2) is 46.9 Å². The average molecular weight is 417 g/mol. The molecule has 26 heavy (non-hydrogen) atoms. The summed E-state index contributed by atoms with van der Waals surface area (Å²) in [5.41, 5.74) is 2.25. The third kappa shape index (κ3) is 3.33. The minimum Gasteiger partial charge on any atom is -0.465 e. The van der Waals surface area contributed by atoms with Crippen molar-refractivity contribution in [3.63, 3.8) is 0 Å². The summed E-state index contributed by atoms with van der Waals surface area (Å²) in [5, 5.41) is 0. The van der Waals surface area contributed by atoms with Gasteiger partial charge in [-0.05, 0) is 56.4 Å². The molecule has 2 aromatic carbocycles. The van der Waals surface area contributed by atoms with E-state index in [-0.39, 0.29) is 0 Å². The molecule has 1 fully saturated rings. The maximum absolute atomic E-state index is 12.1. The zero-order valence-electron chi connectivity index (χ0n) is 15.6. The SMILES string of the molecule is COC(=O)c1cc(Br)c(-c2ccccc2)c(B2OC(C)(C)C(C)(C)O2)c1. The van der Waals surface area contributed by atoms with Crippen LogP contribution >= 0.6 is 15.9 Å². The first-order chi connectivity index (χ1) is 12.2. The van der Waals surface area contributed by atoms with Crippen molar-refractivity contribution in [3.8, 4) is 11.1 Å². The Morgan fingerprint density at radius 3 is 2.15 bits per heavy atom. The molecule has 0 aromatic heterocycles. The van der Waals surface area contributed by atoms with Gasteiger partial charge in [-0.15, -0.1) is 0 Å². The lowest BCUT2D eigenvalue weighted by Crippen LogP contribution is -2.41. The van der Waals surface area contributed by atoms with Gasteiger partial charge in [0.15, 0.2) is 0 Å². The van der Waals surface area contributed by atoms with E-state index in [1.54, 1.807) is 12.1 Å². The molecule has 0 saturated carbocycles. The molecule has 0 amide bonds. The van der Waals surface area contributed by atoms with Crippen LogP contribution in [0, 0.1) is 0 Å². The molecule has 0 radical (unpaired) electrons. The number of esters is 1. The van der Waals surface area contributed by atoms with Crippen molar-refractivity contribution >= 4 is 34.5 Å². The molecular weight excluding hydrogens is 395 g/mol. The van der Waals surface area contributed by atoms with E-state index in [0.29, 0.717) is 5.56 Å². The van der Waals surface area contributed by atoms with Crippen molar-refractivity contribution in [2.24, 2.45) is 0 Å². The monoisotopic (exact) mass is 416 g/mol. The highest BCUT2D eigenvalue weighted by atomic mass is 79.9. The number of carbonyl (C=O) groups excluding carboxylic acids is 1. The normalized spacial score (nSPS) is 18.0. The van der Waals surface area contributed by atoms with Gasteiger partial charge in [-0.2, -0.15) is 0 Å². The summed E-state index contributed by atoms with van der Waals surface area (Å²) in [6, 6.07) is 13.5. The Bertz CT molecular complexity index is 817. The van der Waals surface area contributed by atoms with Crippen LogP contribution in [0.25, 0.3) is 11.1 Å². The van der Waals surface area contributed by atoms with Crippen molar-refractivity contribution in [3.05, 3.63) is 52.5 Å². The molecule has 0 N–H and O–H groups in total. The standard InChI is InChI=1S/C20H22BBrO4/c1-19(2)20(3,4)26-21(25-19)15-11-14(18(23)24-5)12-16(22)17(15)13-9-7-6-8-10-13/h6-12H,1-5H3. The van der Waals surface area contributed by atoms with Crippen LogP contribution < -0.4 is 5.46 Å². The molecule has 6 heteroatoms. The first-order valence-corrected chi connectivity index (χ1v) is 9.28. The number of halogens is 1. The highest BCUT2D eigenvalue weighted by Gasteiger charge is 2.52. The smallest absolute Gasteiger partial charge is 0.465 e. The van der Waals surface area contributed by atoms with Crippen LogP contribution in [0.3, 0.4) is 0 Å². The number of hydrogen-bond acceptors (Lipinski definition) is 4. The number of carbonyl (C=O) groups is 1. The molecule has 1 aliphatic heterocycles. The summed E-state index contributed by atoms with van der Waals surface area (Å²) < 4.78 is 18.2. The second-order valence-corrected chi connectivity index (χ2v) is 8.22. The fourth-order valence-electron chi connectivity index (χ4n) is 2.93. The quantitative estimate of drug-likeness (QED) is 0.555. The van der Waals surface area contributed by atoms with E-state index < -0.39 is 24.3 Å². The highest BCUT2D eigenvalue weighted by Crippen LogP contribution is 2.38. The fraction of sp³-hybridized carbons (Fsp3) is 0.350. The van der Waals surface area contributed by atoms with E-state index in [1.165, 1.54) is 7.11 Å². The van der Waals surface area contributed by atoms with E-state index in [4.69, 9.17) is 14.0 Å². The van der Waals surface area contributed by atoms with E-state index in [1.807, 2.05) is 58.0 Å². The van der Waals surface area contributed by atoms with Crippen molar-refractivity contribution in [1.29, 1.82) is 0 Å². The Morgan fingerprint density at radius 2 is 1.62 bits per heavy atom. The Morgan fingerprint density at radius 1 is 1.04 bits per heavy atom. The maximum atomic E-state index is 12.1. The molecule has 2 aromatic rings. The van der Waals surface area contributed by atoms with Gasteiger partial charge in [0.2, 0.25) is 0 Å². The largest absolute Gasteiger partial charge is 0.495 e. The lowest BCUT2D eigenvalue weighted by molar-refractivity contribution is 0.00578. The molecule has 0 atom stereocenters. The second kappa shape index (κ2) is 6.84. The maximum Gasteiger partial charge on any atom is 0.495 e. The van der Waals surface area contributed by atoms with Crippen LogP contribution in [-0.4, -0.2) is 31.4 Å². The van der Waals surface area contributed by atoms with Crippen LogP contribution in [0.5, 0.6) is 0 Å². The summed E-state index contributed by atoms with van der Waals surface area (Å²) >= 11 is 3.62. The third-order valence-electron chi connectivity index (χ3n) is 5.11. The number of ether oxygens (including phenoxy) is 1. The minimum absolute atomic E-state index is 0.400. The first kappa shape index (κ1) is 19.1. The summed E-state index contributed by atoms with van der Waals surface area (Å²) in [6.07, 6.45) is 0. The molecule has 1 saturated heterocycles. The number of methoxy groups -OCH3 is 1. The summed E-state index contributed by atoms with van der Waals surface area (Å²) in [4.78, 5) is 12.1. The van der Waals surface area contributed by atoms with Gasteiger partial charge < -0.3 is 14.0 Å². The van der Waals surface area contributed by atoms with Crippen molar-refractivity contribution in [2.45, 2.75) is 38.9 Å². The molecule has 136 valence electrons. The predicted molar refractivity (Wildman–Crippen MR) is 107 cm³/mol. The van der Waals surface area contributed by atoms with Gasteiger partial charge >= 0.3 is 13.1 Å². The molecule has 0 bridgehead atoms. The second-order valence-electron chi connectivity index (χ2n) is 7.37. The van der Waals surface area contributed by atoms with Crippen molar-refractivity contribution in [2.75, 3.05) is 7.11 Å². The lowest BCUT2D eigenvalue weighted by atomic mass is 9.73. The number of hydrogen-bond donors (Lipinski definition) is 0. The molecule has 1 heterocycles. The van der Waals surface area contributed by atoms with Gasteiger partial charge in [-0.25, -0.2) is 4.79 Å². The van der Waals surface area contributed by atoms with Gasteiger partial charge in [0, 0.05) is 4.47 Å². The van der Waals surface area contributed by atoms with Gasteiger partial charge in [0.1, 0.15) is 0 Å². The van der Waals surface area contributed by atoms with Crippen LogP contribution in [0.2, 0.25) is 0 Å². The molecule has 0 aliphatic carbocycles. The summed E-state index contributed by atoms with van der Waals surface area (Å²) in [6.45, 7) is 8.03. The van der Waals surface area contributed by atoms with Gasteiger partial charge in [-0.3, -0.25) is 0 Å². The highest BCUT2D eigenvalue weighted by molar-refractivity contribution is 9.10. The Hall–Kier alpha value is -1.63. The lowest BCUT2D eigenvalue weighted by Gasteiger charge is -2.32. The van der Waals surface area contributed by atoms with Gasteiger partial charge in [-0.1, -0.05) is 46.3 Å². The number of rotatable bonds is 3. The molecule has 0 spiro atoms. The summed E-state index contributed by atoms with van der Waals surface area (Å²) in [5.74, 6) is -0.400.